The molecule has 0 saturated heterocycles. The lowest BCUT2D eigenvalue weighted by Gasteiger charge is -2.08. The lowest BCUT2D eigenvalue weighted by molar-refractivity contribution is 0.0489. The third kappa shape index (κ3) is 3.85. The summed E-state index contributed by atoms with van der Waals surface area (Å²) in [5.74, 6) is 0.167. The first-order valence-electron chi connectivity index (χ1n) is 5.23. The Morgan fingerprint density at radius 2 is 2.19 bits per heavy atom. The van der Waals surface area contributed by atoms with Gasteiger partial charge in [-0.05, 0) is 30.5 Å². The van der Waals surface area contributed by atoms with E-state index in [1.165, 1.54) is 0 Å². The molecule has 0 saturated carbocycles. The monoisotopic (exact) mass is 285 g/mol. The lowest BCUT2D eigenvalue weighted by atomic mass is 10.1. The number of rotatable bonds is 4. The van der Waals surface area contributed by atoms with Crippen LogP contribution >= 0.6 is 15.9 Å². The maximum absolute atomic E-state index is 11.6. The van der Waals surface area contributed by atoms with Crippen LogP contribution in [-0.2, 0) is 4.74 Å². The molecule has 0 bridgehead atoms. The van der Waals surface area contributed by atoms with E-state index in [0.717, 1.165) is 10.9 Å². The zero-order valence-corrected chi connectivity index (χ0v) is 11.1. The Hall–Kier alpha value is -1.03. The van der Waals surface area contributed by atoms with E-state index in [-0.39, 0.29) is 5.97 Å². The van der Waals surface area contributed by atoms with Gasteiger partial charge in [-0.1, -0.05) is 29.8 Å². The zero-order valence-electron chi connectivity index (χ0n) is 9.50. The highest BCUT2D eigenvalue weighted by atomic mass is 79.9. The molecule has 0 fully saturated rings. The number of halogens is 1. The highest BCUT2D eigenvalue weighted by molar-refractivity contribution is 9.10. The van der Waals surface area contributed by atoms with E-state index in [0.29, 0.717) is 23.8 Å². The average molecular weight is 286 g/mol. The molecule has 0 aliphatic heterocycles. The van der Waals surface area contributed by atoms with Crippen LogP contribution in [0.25, 0.3) is 0 Å². The summed E-state index contributed by atoms with van der Waals surface area (Å²) in [5.41, 5.74) is 6.58. The number of esters is 1. The Morgan fingerprint density at radius 3 is 2.75 bits per heavy atom. The number of carbonyl (C=O) groups is 1. The Bertz CT molecular complexity index is 377. The molecule has 0 aliphatic rings. The highest BCUT2D eigenvalue weighted by Crippen LogP contribution is 2.19. The molecule has 0 atom stereocenters. The third-order valence-corrected chi connectivity index (χ3v) is 2.66. The van der Waals surface area contributed by atoms with Gasteiger partial charge in [-0.15, -0.1) is 0 Å². The van der Waals surface area contributed by atoms with Crippen LogP contribution in [0, 0.1) is 5.92 Å². The van der Waals surface area contributed by atoms with Crippen molar-refractivity contribution in [3.8, 4) is 0 Å². The lowest BCUT2D eigenvalue weighted by Crippen LogP contribution is -2.10. The number of nitrogen functional groups attached to an aromatic ring is 1. The van der Waals surface area contributed by atoms with Crippen molar-refractivity contribution in [3.05, 3.63) is 28.2 Å². The number of anilines is 1. The minimum absolute atomic E-state index is 0.356. The molecule has 4 heteroatoms. The molecule has 0 aliphatic carbocycles. The molecule has 1 rings (SSSR count). The van der Waals surface area contributed by atoms with Gasteiger partial charge in [0.05, 0.1) is 12.2 Å². The van der Waals surface area contributed by atoms with Crippen LogP contribution in [0.3, 0.4) is 0 Å². The number of hydrogen-bond donors (Lipinski definition) is 1. The van der Waals surface area contributed by atoms with Gasteiger partial charge >= 0.3 is 5.97 Å². The number of hydrogen-bond acceptors (Lipinski definition) is 3. The Labute approximate surface area is 104 Å². The molecule has 2 N–H and O–H groups in total. The highest BCUT2D eigenvalue weighted by Gasteiger charge is 2.11. The predicted molar refractivity (Wildman–Crippen MR) is 68.3 cm³/mol. The van der Waals surface area contributed by atoms with Crippen molar-refractivity contribution >= 4 is 27.6 Å². The average Bonchev–Trinajstić information content (AvgIpc) is 2.16. The van der Waals surface area contributed by atoms with Crippen molar-refractivity contribution in [2.45, 2.75) is 20.3 Å². The summed E-state index contributed by atoms with van der Waals surface area (Å²) >= 11 is 3.28. The van der Waals surface area contributed by atoms with Crippen molar-refractivity contribution in [2.75, 3.05) is 12.3 Å². The minimum atomic E-state index is -0.356. The van der Waals surface area contributed by atoms with Crippen molar-refractivity contribution in [1.29, 1.82) is 0 Å². The van der Waals surface area contributed by atoms with E-state index in [2.05, 4.69) is 29.8 Å². The molecular formula is C12H16BrNO2. The fraction of sp³-hybridized carbons (Fsp3) is 0.417. The van der Waals surface area contributed by atoms with Crippen molar-refractivity contribution in [3.63, 3.8) is 0 Å². The molecule has 3 nitrogen and oxygen atoms in total. The molecule has 0 radical (unpaired) electrons. The van der Waals surface area contributed by atoms with Gasteiger partial charge in [-0.2, -0.15) is 0 Å². The number of ether oxygens (including phenoxy) is 1. The Kier molecular flexibility index (Phi) is 4.80. The molecule has 16 heavy (non-hydrogen) atoms. The topological polar surface area (TPSA) is 52.3 Å². The van der Waals surface area contributed by atoms with E-state index < -0.39 is 0 Å². The summed E-state index contributed by atoms with van der Waals surface area (Å²) in [6, 6.07) is 5.13. The first-order chi connectivity index (χ1) is 7.50. The van der Waals surface area contributed by atoms with Gasteiger partial charge in [0.15, 0.2) is 0 Å². The first-order valence-corrected chi connectivity index (χ1v) is 6.02. The summed E-state index contributed by atoms with van der Waals surface area (Å²) in [5, 5.41) is 0. The molecule has 0 aromatic heterocycles. The van der Waals surface area contributed by atoms with E-state index in [9.17, 15) is 4.79 Å². The Morgan fingerprint density at radius 1 is 1.50 bits per heavy atom. The second kappa shape index (κ2) is 5.89. The largest absolute Gasteiger partial charge is 0.462 e. The van der Waals surface area contributed by atoms with Gasteiger partial charge in [0, 0.05) is 10.2 Å². The first kappa shape index (κ1) is 13.0. The van der Waals surface area contributed by atoms with Crippen LogP contribution in [-0.4, -0.2) is 12.6 Å². The molecular weight excluding hydrogens is 270 g/mol. The van der Waals surface area contributed by atoms with Crippen molar-refractivity contribution < 1.29 is 9.53 Å². The van der Waals surface area contributed by atoms with Crippen LogP contribution in [0.4, 0.5) is 5.69 Å². The van der Waals surface area contributed by atoms with E-state index in [1.807, 2.05) is 0 Å². The van der Waals surface area contributed by atoms with Gasteiger partial charge in [0.2, 0.25) is 0 Å². The van der Waals surface area contributed by atoms with Crippen molar-refractivity contribution in [1.82, 2.24) is 0 Å². The van der Waals surface area contributed by atoms with Gasteiger partial charge in [-0.25, -0.2) is 4.79 Å². The zero-order chi connectivity index (χ0) is 12.1. The summed E-state index contributed by atoms with van der Waals surface area (Å²) in [4.78, 5) is 11.6. The predicted octanol–water partition coefficient (Wildman–Crippen LogP) is 3.23. The van der Waals surface area contributed by atoms with Crippen LogP contribution in [0.15, 0.2) is 22.7 Å². The molecule has 0 unspecified atom stereocenters. The van der Waals surface area contributed by atoms with E-state index >= 15 is 0 Å². The van der Waals surface area contributed by atoms with Gasteiger partial charge in [-0.3, -0.25) is 0 Å². The van der Waals surface area contributed by atoms with Gasteiger partial charge in [0.25, 0.3) is 0 Å². The smallest absolute Gasteiger partial charge is 0.340 e. The molecule has 0 heterocycles. The quantitative estimate of drug-likeness (QED) is 0.683. The maximum atomic E-state index is 11.6. The summed E-state index contributed by atoms with van der Waals surface area (Å²) in [6.07, 6.45) is 0.863. The van der Waals surface area contributed by atoms with Crippen LogP contribution < -0.4 is 5.73 Å². The van der Waals surface area contributed by atoms with Crippen LogP contribution in [0.2, 0.25) is 0 Å². The molecule has 88 valence electrons. The third-order valence-electron chi connectivity index (χ3n) is 2.16. The summed E-state index contributed by atoms with van der Waals surface area (Å²) < 4.78 is 5.98. The molecule has 0 spiro atoms. The molecule has 0 amide bonds. The van der Waals surface area contributed by atoms with Crippen LogP contribution in [0.5, 0.6) is 0 Å². The number of benzene rings is 1. The maximum Gasteiger partial charge on any atom is 0.340 e. The fourth-order valence-corrected chi connectivity index (χ4v) is 1.56. The SMILES string of the molecule is CC(C)CCOC(=O)c1ccc(Br)cc1N. The van der Waals surface area contributed by atoms with E-state index in [1.54, 1.807) is 18.2 Å². The van der Waals surface area contributed by atoms with Gasteiger partial charge < -0.3 is 10.5 Å². The second-order valence-electron chi connectivity index (χ2n) is 4.05. The van der Waals surface area contributed by atoms with E-state index in [4.69, 9.17) is 10.5 Å². The standard InChI is InChI=1S/C12H16BrNO2/c1-8(2)5-6-16-12(15)10-4-3-9(13)7-11(10)14/h3-4,7-8H,5-6,14H2,1-2H3. The Balaban J connectivity index is 2.59. The summed E-state index contributed by atoms with van der Waals surface area (Å²) in [6.45, 7) is 4.61. The van der Waals surface area contributed by atoms with Crippen molar-refractivity contribution in [2.24, 2.45) is 5.92 Å². The number of nitrogens with two attached hydrogens (primary N) is 1. The number of carbonyl (C=O) groups excluding carboxylic acids is 1. The molecule has 1 aromatic carbocycles. The fourth-order valence-electron chi connectivity index (χ4n) is 1.18. The summed E-state index contributed by atoms with van der Waals surface area (Å²) in [7, 11) is 0. The van der Waals surface area contributed by atoms with Crippen LogP contribution in [0.1, 0.15) is 30.6 Å². The normalized spacial score (nSPS) is 10.5. The van der Waals surface area contributed by atoms with Gasteiger partial charge in [0.1, 0.15) is 0 Å². The molecule has 1 aromatic rings. The second-order valence-corrected chi connectivity index (χ2v) is 4.97. The minimum Gasteiger partial charge on any atom is -0.462 e.